The first kappa shape index (κ1) is 16.4. The average molecular weight is 345 g/mol. The summed E-state index contributed by atoms with van der Waals surface area (Å²) in [5, 5.41) is 2.82. The smallest absolute Gasteiger partial charge is 0.307 e. The molecule has 2 amide bonds. The molecule has 0 bridgehead atoms. The van der Waals surface area contributed by atoms with E-state index in [4.69, 9.17) is 0 Å². The molecular weight excluding hydrogens is 326 g/mol. The van der Waals surface area contributed by atoms with Crippen molar-refractivity contribution in [1.29, 1.82) is 0 Å². The van der Waals surface area contributed by atoms with Crippen molar-refractivity contribution in [2.24, 2.45) is 0 Å². The van der Waals surface area contributed by atoms with Crippen molar-refractivity contribution in [2.75, 3.05) is 16.8 Å². The van der Waals surface area contributed by atoms with Crippen LogP contribution in [-0.4, -0.2) is 22.9 Å². The number of aryl methyl sites for hydroxylation is 1. The van der Waals surface area contributed by atoms with Gasteiger partial charge in [0.15, 0.2) is 0 Å². The number of benzene rings is 1. The first-order valence-corrected chi connectivity index (χ1v) is 8.65. The van der Waals surface area contributed by atoms with Gasteiger partial charge in [-0.3, -0.25) is 14.4 Å². The van der Waals surface area contributed by atoms with E-state index in [2.05, 4.69) is 5.32 Å². The molecule has 0 saturated carbocycles. The second-order valence-corrected chi connectivity index (χ2v) is 6.94. The zero-order valence-corrected chi connectivity index (χ0v) is 14.5. The Labute approximate surface area is 143 Å². The Balaban J connectivity index is 1.80. The lowest BCUT2D eigenvalue weighted by atomic mass is 10.2. The molecule has 6 nitrogen and oxygen atoms in total. The van der Waals surface area contributed by atoms with E-state index in [9.17, 15) is 14.4 Å². The van der Waals surface area contributed by atoms with Gasteiger partial charge < -0.3 is 14.8 Å². The number of amides is 2. The maximum Gasteiger partial charge on any atom is 0.307 e. The number of carbonyl (C=O) groups is 2. The summed E-state index contributed by atoms with van der Waals surface area (Å²) in [6.07, 6.45) is 0.483. The fraction of sp³-hybridized carbons (Fsp3) is 0.353. The van der Waals surface area contributed by atoms with Gasteiger partial charge in [0.25, 0.3) is 0 Å². The summed E-state index contributed by atoms with van der Waals surface area (Å²) < 4.78 is 1.64. The molecule has 0 fully saturated rings. The number of hydrogen-bond donors (Lipinski definition) is 1. The minimum absolute atomic E-state index is 0.0362. The Morgan fingerprint density at radius 1 is 1.25 bits per heavy atom. The number of anilines is 2. The highest BCUT2D eigenvalue weighted by Gasteiger charge is 2.23. The number of para-hydroxylation sites is 2. The summed E-state index contributed by atoms with van der Waals surface area (Å²) >= 11 is 1.20. The molecule has 1 N–H and O–H groups in total. The maximum absolute atomic E-state index is 12.7. The van der Waals surface area contributed by atoms with Gasteiger partial charge in [-0.1, -0.05) is 23.5 Å². The van der Waals surface area contributed by atoms with E-state index in [1.807, 2.05) is 32.0 Å². The SMILES string of the molecule is Cc1sc(=O)n(CCC(=O)N2CCC(=O)Nc3ccccc32)c1C. The first-order valence-electron chi connectivity index (χ1n) is 7.83. The summed E-state index contributed by atoms with van der Waals surface area (Å²) in [6.45, 7) is 4.50. The van der Waals surface area contributed by atoms with E-state index < -0.39 is 0 Å². The molecule has 2 heterocycles. The van der Waals surface area contributed by atoms with E-state index in [1.54, 1.807) is 15.5 Å². The molecule has 7 heteroatoms. The molecule has 24 heavy (non-hydrogen) atoms. The second kappa shape index (κ2) is 6.60. The predicted molar refractivity (Wildman–Crippen MR) is 94.7 cm³/mol. The van der Waals surface area contributed by atoms with Crippen molar-refractivity contribution < 1.29 is 9.59 Å². The minimum atomic E-state index is -0.0988. The van der Waals surface area contributed by atoms with Crippen molar-refractivity contribution in [3.05, 3.63) is 44.5 Å². The summed E-state index contributed by atoms with van der Waals surface area (Å²) in [5.74, 6) is -0.188. The number of aromatic nitrogens is 1. The van der Waals surface area contributed by atoms with Crippen LogP contribution in [0.15, 0.2) is 29.1 Å². The highest BCUT2D eigenvalue weighted by molar-refractivity contribution is 7.09. The van der Waals surface area contributed by atoms with Gasteiger partial charge in [0.2, 0.25) is 11.8 Å². The van der Waals surface area contributed by atoms with Crippen LogP contribution >= 0.6 is 11.3 Å². The third-order valence-corrected chi connectivity index (χ3v) is 5.25. The predicted octanol–water partition coefficient (Wildman–Crippen LogP) is 2.29. The third kappa shape index (κ3) is 3.12. The molecule has 0 saturated heterocycles. The van der Waals surface area contributed by atoms with Gasteiger partial charge in [-0.05, 0) is 26.0 Å². The number of fused-ring (bicyclic) bond motifs is 1. The molecule has 0 unspecified atom stereocenters. The number of rotatable bonds is 3. The topological polar surface area (TPSA) is 71.4 Å². The van der Waals surface area contributed by atoms with Crippen molar-refractivity contribution in [1.82, 2.24) is 4.57 Å². The Kier molecular flexibility index (Phi) is 4.53. The average Bonchev–Trinajstić information content (AvgIpc) is 2.71. The lowest BCUT2D eigenvalue weighted by molar-refractivity contribution is -0.119. The minimum Gasteiger partial charge on any atom is -0.324 e. The zero-order valence-electron chi connectivity index (χ0n) is 13.7. The highest BCUT2D eigenvalue weighted by Crippen LogP contribution is 2.28. The van der Waals surface area contributed by atoms with Crippen LogP contribution in [0.5, 0.6) is 0 Å². The summed E-state index contributed by atoms with van der Waals surface area (Å²) in [5.41, 5.74) is 2.26. The van der Waals surface area contributed by atoms with E-state index >= 15 is 0 Å². The van der Waals surface area contributed by atoms with Crippen LogP contribution in [0.3, 0.4) is 0 Å². The number of nitrogens with zero attached hydrogens (tertiary/aromatic N) is 2. The molecule has 0 radical (unpaired) electrons. The molecule has 1 aromatic heterocycles. The summed E-state index contributed by atoms with van der Waals surface area (Å²) in [6, 6.07) is 7.28. The van der Waals surface area contributed by atoms with Gasteiger partial charge >= 0.3 is 4.87 Å². The molecule has 1 aromatic carbocycles. The number of thiazole rings is 1. The Morgan fingerprint density at radius 3 is 2.71 bits per heavy atom. The molecular formula is C17H19N3O3S. The lowest BCUT2D eigenvalue weighted by Gasteiger charge is -2.22. The van der Waals surface area contributed by atoms with Crippen molar-refractivity contribution in [3.8, 4) is 0 Å². The van der Waals surface area contributed by atoms with Gasteiger partial charge in [-0.25, -0.2) is 0 Å². The summed E-state index contributed by atoms with van der Waals surface area (Å²) in [7, 11) is 0. The van der Waals surface area contributed by atoms with Crippen LogP contribution in [0.1, 0.15) is 23.4 Å². The Bertz CT molecular complexity index is 853. The van der Waals surface area contributed by atoms with E-state index in [0.29, 0.717) is 24.5 Å². The number of nitrogens with one attached hydrogen (secondary N) is 1. The van der Waals surface area contributed by atoms with E-state index in [1.165, 1.54) is 11.3 Å². The molecule has 0 aliphatic carbocycles. The maximum atomic E-state index is 12.7. The summed E-state index contributed by atoms with van der Waals surface area (Å²) in [4.78, 5) is 39.0. The largest absolute Gasteiger partial charge is 0.324 e. The van der Waals surface area contributed by atoms with Crippen LogP contribution in [0, 0.1) is 13.8 Å². The molecule has 1 aliphatic heterocycles. The quantitative estimate of drug-likeness (QED) is 0.928. The normalized spacial score (nSPS) is 14.1. The number of hydrogen-bond acceptors (Lipinski definition) is 4. The molecule has 0 spiro atoms. The van der Waals surface area contributed by atoms with Crippen LogP contribution in [0.4, 0.5) is 11.4 Å². The second-order valence-electron chi connectivity index (χ2n) is 5.77. The standard InChI is InChI=1S/C17H19N3O3S/c1-11-12(2)24-17(23)19(11)10-8-16(22)20-9-7-15(21)18-13-5-3-4-6-14(13)20/h3-6H,7-10H2,1-2H3,(H,18,21). The Morgan fingerprint density at radius 2 is 2.00 bits per heavy atom. The van der Waals surface area contributed by atoms with Gasteiger partial charge in [0.1, 0.15) is 0 Å². The van der Waals surface area contributed by atoms with Crippen LogP contribution in [-0.2, 0) is 16.1 Å². The lowest BCUT2D eigenvalue weighted by Crippen LogP contribution is -2.33. The Hall–Kier alpha value is -2.41. The molecule has 1 aliphatic rings. The van der Waals surface area contributed by atoms with Gasteiger partial charge in [0, 0.05) is 36.5 Å². The van der Waals surface area contributed by atoms with Gasteiger partial charge in [-0.15, -0.1) is 0 Å². The highest BCUT2D eigenvalue weighted by atomic mass is 32.1. The van der Waals surface area contributed by atoms with Crippen LogP contribution in [0.25, 0.3) is 0 Å². The molecule has 0 atom stereocenters. The van der Waals surface area contributed by atoms with Crippen molar-refractivity contribution in [2.45, 2.75) is 33.2 Å². The van der Waals surface area contributed by atoms with Crippen LogP contribution in [0.2, 0.25) is 0 Å². The van der Waals surface area contributed by atoms with Gasteiger partial charge in [-0.2, -0.15) is 0 Å². The third-order valence-electron chi connectivity index (χ3n) is 4.26. The van der Waals surface area contributed by atoms with Crippen molar-refractivity contribution in [3.63, 3.8) is 0 Å². The molecule has 3 rings (SSSR count). The monoisotopic (exact) mass is 345 g/mol. The molecule has 2 aromatic rings. The van der Waals surface area contributed by atoms with E-state index in [-0.39, 0.29) is 29.5 Å². The molecule has 126 valence electrons. The first-order chi connectivity index (χ1) is 11.5. The fourth-order valence-corrected chi connectivity index (χ4v) is 3.67. The number of carbonyl (C=O) groups excluding carboxylic acids is 2. The van der Waals surface area contributed by atoms with E-state index in [0.717, 1.165) is 10.6 Å². The zero-order chi connectivity index (χ0) is 17.3. The van der Waals surface area contributed by atoms with Gasteiger partial charge in [0.05, 0.1) is 11.4 Å². The van der Waals surface area contributed by atoms with Crippen LogP contribution < -0.4 is 15.1 Å². The van der Waals surface area contributed by atoms with Crippen molar-refractivity contribution >= 4 is 34.5 Å². The fourth-order valence-electron chi connectivity index (χ4n) is 2.81.